The van der Waals surface area contributed by atoms with E-state index in [-0.39, 0.29) is 19.1 Å². The molecule has 1 unspecified atom stereocenters. The van der Waals surface area contributed by atoms with Crippen LogP contribution in [0.1, 0.15) is 32.0 Å². The van der Waals surface area contributed by atoms with Crippen molar-refractivity contribution in [2.45, 2.75) is 32.7 Å². The number of hydrogen-bond donors (Lipinski definition) is 3. The number of urea groups is 1. The minimum absolute atomic E-state index is 0.251. The van der Waals surface area contributed by atoms with E-state index >= 15 is 0 Å². The lowest BCUT2D eigenvalue weighted by Gasteiger charge is -2.39. The predicted molar refractivity (Wildman–Crippen MR) is 69.8 cm³/mol. The average molecular weight is 281 g/mol. The number of carboxylic acid groups (broad SMARTS) is 1. The maximum absolute atomic E-state index is 12.1. The van der Waals surface area contributed by atoms with Crippen LogP contribution in [0.2, 0.25) is 0 Å². The van der Waals surface area contributed by atoms with Crippen molar-refractivity contribution < 1.29 is 14.7 Å². The van der Waals surface area contributed by atoms with Gasteiger partial charge in [-0.15, -0.1) is 0 Å². The van der Waals surface area contributed by atoms with Crippen molar-refractivity contribution in [3.63, 3.8) is 0 Å². The number of carboxylic acids is 1. The van der Waals surface area contributed by atoms with Crippen LogP contribution >= 0.6 is 0 Å². The highest BCUT2D eigenvalue weighted by atomic mass is 16.4. The van der Waals surface area contributed by atoms with Crippen molar-refractivity contribution in [2.24, 2.45) is 5.41 Å². The number of aromatic amines is 1. The summed E-state index contributed by atoms with van der Waals surface area (Å²) >= 11 is 0. The van der Waals surface area contributed by atoms with Gasteiger partial charge in [0.15, 0.2) is 0 Å². The third kappa shape index (κ3) is 2.89. The van der Waals surface area contributed by atoms with Gasteiger partial charge < -0.3 is 15.3 Å². The molecule has 2 amide bonds. The van der Waals surface area contributed by atoms with E-state index < -0.39 is 11.4 Å². The zero-order valence-corrected chi connectivity index (χ0v) is 11.4. The summed E-state index contributed by atoms with van der Waals surface area (Å²) in [7, 11) is 0. The van der Waals surface area contributed by atoms with E-state index in [0.29, 0.717) is 31.6 Å². The first kappa shape index (κ1) is 14.3. The normalized spacial score (nSPS) is 22.6. The van der Waals surface area contributed by atoms with Gasteiger partial charge >= 0.3 is 12.0 Å². The van der Waals surface area contributed by atoms with E-state index in [9.17, 15) is 14.7 Å². The molecule has 2 rings (SSSR count). The summed E-state index contributed by atoms with van der Waals surface area (Å²) in [6.45, 7) is 2.93. The molecule has 0 spiro atoms. The van der Waals surface area contributed by atoms with Crippen LogP contribution in [0.15, 0.2) is 6.33 Å². The van der Waals surface area contributed by atoms with Gasteiger partial charge in [0.2, 0.25) is 0 Å². The zero-order valence-electron chi connectivity index (χ0n) is 11.4. The molecule has 0 radical (unpaired) electrons. The molecule has 8 heteroatoms. The number of carbonyl (C=O) groups is 2. The standard InChI is InChI=1S/C12H19N5O3/c1-2-12(10(18)19)4-3-5-17(7-12)11(20)13-6-9-14-8-15-16-9/h8H,2-7H2,1H3,(H,13,20)(H,18,19)(H,14,15,16). The second-order valence-electron chi connectivity index (χ2n) is 5.06. The van der Waals surface area contributed by atoms with E-state index in [4.69, 9.17) is 0 Å². The number of nitrogens with zero attached hydrogens (tertiary/aromatic N) is 3. The second-order valence-corrected chi connectivity index (χ2v) is 5.06. The van der Waals surface area contributed by atoms with Crippen LogP contribution in [-0.4, -0.2) is 50.3 Å². The number of nitrogens with one attached hydrogen (secondary N) is 2. The number of rotatable bonds is 4. The Kier molecular flexibility index (Phi) is 4.21. The summed E-state index contributed by atoms with van der Waals surface area (Å²) in [5.74, 6) is -0.261. The minimum Gasteiger partial charge on any atom is -0.481 e. The summed E-state index contributed by atoms with van der Waals surface area (Å²) in [4.78, 5) is 29.0. The third-order valence-electron chi connectivity index (χ3n) is 3.87. The number of amides is 2. The van der Waals surface area contributed by atoms with Crippen LogP contribution in [-0.2, 0) is 11.3 Å². The van der Waals surface area contributed by atoms with E-state index in [1.165, 1.54) is 6.33 Å². The van der Waals surface area contributed by atoms with Crippen molar-refractivity contribution in [3.8, 4) is 0 Å². The maximum Gasteiger partial charge on any atom is 0.317 e. The van der Waals surface area contributed by atoms with E-state index in [0.717, 1.165) is 0 Å². The molecule has 8 nitrogen and oxygen atoms in total. The van der Waals surface area contributed by atoms with Crippen molar-refractivity contribution in [1.82, 2.24) is 25.4 Å². The Hall–Kier alpha value is -2.12. The van der Waals surface area contributed by atoms with Gasteiger partial charge in [0.05, 0.1) is 12.0 Å². The first-order valence-corrected chi connectivity index (χ1v) is 6.68. The molecule has 1 saturated heterocycles. The van der Waals surface area contributed by atoms with Gasteiger partial charge in [-0.05, 0) is 19.3 Å². The molecule has 1 aromatic rings. The van der Waals surface area contributed by atoms with Crippen molar-refractivity contribution in [2.75, 3.05) is 13.1 Å². The number of aromatic nitrogens is 3. The Morgan fingerprint density at radius 1 is 1.60 bits per heavy atom. The molecular formula is C12H19N5O3. The Morgan fingerprint density at radius 3 is 3.00 bits per heavy atom. The molecular weight excluding hydrogens is 262 g/mol. The van der Waals surface area contributed by atoms with E-state index in [2.05, 4.69) is 20.5 Å². The minimum atomic E-state index is -0.826. The molecule has 2 heterocycles. The molecule has 0 aromatic carbocycles. The molecule has 3 N–H and O–H groups in total. The average Bonchev–Trinajstić information content (AvgIpc) is 2.97. The fourth-order valence-electron chi connectivity index (χ4n) is 2.51. The molecule has 1 fully saturated rings. The summed E-state index contributed by atoms with van der Waals surface area (Å²) in [5.41, 5.74) is -0.818. The number of piperidine rings is 1. The highest BCUT2D eigenvalue weighted by Crippen LogP contribution is 2.33. The van der Waals surface area contributed by atoms with E-state index in [1.807, 2.05) is 6.92 Å². The molecule has 0 bridgehead atoms. The topological polar surface area (TPSA) is 111 Å². The Balaban J connectivity index is 1.94. The van der Waals surface area contributed by atoms with Crippen molar-refractivity contribution in [1.29, 1.82) is 0 Å². The van der Waals surface area contributed by atoms with Gasteiger partial charge in [-0.1, -0.05) is 6.92 Å². The van der Waals surface area contributed by atoms with Crippen LogP contribution < -0.4 is 5.32 Å². The zero-order chi connectivity index (χ0) is 14.6. The van der Waals surface area contributed by atoms with Gasteiger partial charge in [0.1, 0.15) is 12.2 Å². The number of hydrogen-bond acceptors (Lipinski definition) is 4. The molecule has 1 aliphatic rings. The van der Waals surface area contributed by atoms with Gasteiger partial charge in [-0.3, -0.25) is 9.89 Å². The molecule has 1 atom stereocenters. The lowest BCUT2D eigenvalue weighted by atomic mass is 9.78. The smallest absolute Gasteiger partial charge is 0.317 e. The Bertz CT molecular complexity index is 475. The highest BCUT2D eigenvalue weighted by molar-refractivity contribution is 5.78. The second kappa shape index (κ2) is 5.89. The van der Waals surface area contributed by atoms with Gasteiger partial charge in [-0.25, -0.2) is 9.78 Å². The lowest BCUT2D eigenvalue weighted by molar-refractivity contribution is -0.152. The predicted octanol–water partition coefficient (Wildman–Crippen LogP) is 0.591. The van der Waals surface area contributed by atoms with Crippen LogP contribution in [0.3, 0.4) is 0 Å². The molecule has 20 heavy (non-hydrogen) atoms. The third-order valence-corrected chi connectivity index (χ3v) is 3.87. The highest BCUT2D eigenvalue weighted by Gasteiger charge is 2.42. The number of aliphatic carboxylic acids is 1. The van der Waals surface area contributed by atoms with Gasteiger partial charge in [-0.2, -0.15) is 5.10 Å². The number of H-pyrrole nitrogens is 1. The molecule has 0 saturated carbocycles. The summed E-state index contributed by atoms with van der Waals surface area (Å²) in [5, 5.41) is 18.4. The van der Waals surface area contributed by atoms with Crippen LogP contribution in [0.25, 0.3) is 0 Å². The number of likely N-dealkylation sites (tertiary alicyclic amines) is 1. The SMILES string of the molecule is CCC1(C(=O)O)CCCN(C(=O)NCc2ncn[nH]2)C1. The number of carbonyl (C=O) groups excluding carboxylic acids is 1. The maximum atomic E-state index is 12.1. The summed E-state index contributed by atoms with van der Waals surface area (Å²) < 4.78 is 0. The fraction of sp³-hybridized carbons (Fsp3) is 0.667. The lowest BCUT2D eigenvalue weighted by Crippen LogP contribution is -2.52. The molecule has 1 aromatic heterocycles. The largest absolute Gasteiger partial charge is 0.481 e. The van der Waals surface area contributed by atoms with Crippen LogP contribution in [0, 0.1) is 5.41 Å². The quantitative estimate of drug-likeness (QED) is 0.748. The van der Waals surface area contributed by atoms with Gasteiger partial charge in [0.25, 0.3) is 0 Å². The van der Waals surface area contributed by atoms with Gasteiger partial charge in [0, 0.05) is 13.1 Å². The molecule has 110 valence electrons. The van der Waals surface area contributed by atoms with Crippen molar-refractivity contribution in [3.05, 3.63) is 12.2 Å². The monoisotopic (exact) mass is 281 g/mol. The summed E-state index contributed by atoms with van der Waals surface area (Å²) in [6, 6.07) is -0.264. The molecule has 0 aliphatic carbocycles. The van der Waals surface area contributed by atoms with Crippen LogP contribution in [0.4, 0.5) is 4.79 Å². The molecule has 1 aliphatic heterocycles. The summed E-state index contributed by atoms with van der Waals surface area (Å²) in [6.07, 6.45) is 3.21. The Morgan fingerprint density at radius 2 is 2.40 bits per heavy atom. The van der Waals surface area contributed by atoms with E-state index in [1.54, 1.807) is 4.90 Å². The first-order chi connectivity index (χ1) is 9.57. The Labute approximate surface area is 116 Å². The first-order valence-electron chi connectivity index (χ1n) is 6.68. The van der Waals surface area contributed by atoms with Crippen molar-refractivity contribution >= 4 is 12.0 Å². The van der Waals surface area contributed by atoms with Crippen LogP contribution in [0.5, 0.6) is 0 Å². The fourth-order valence-corrected chi connectivity index (χ4v) is 2.51.